The van der Waals surface area contributed by atoms with E-state index in [4.69, 9.17) is 0 Å². The zero-order chi connectivity index (χ0) is 45.2. The quantitative estimate of drug-likeness (QED) is 0.137. The average molecular weight is 882 g/mol. The molecule has 1 heterocycles. The van der Waals surface area contributed by atoms with E-state index in [1.54, 1.807) is 0 Å². The molecule has 2 heteroatoms. The Morgan fingerprint density at radius 1 is 0.309 bits per heavy atom. The van der Waals surface area contributed by atoms with E-state index < -0.39 is 8.07 Å². The summed E-state index contributed by atoms with van der Waals surface area (Å²) >= 11 is 0. The Morgan fingerprint density at radius 3 is 1.49 bits per heavy atom. The average Bonchev–Trinajstić information content (AvgIpc) is 3.86. The van der Waals surface area contributed by atoms with E-state index in [2.05, 4.69) is 279 Å². The summed E-state index contributed by atoms with van der Waals surface area (Å²) in [6.45, 7) is 2.40. The highest BCUT2D eigenvalue weighted by Crippen LogP contribution is 2.54. The molecule has 0 fully saturated rings. The van der Waals surface area contributed by atoms with Crippen molar-refractivity contribution in [3.05, 3.63) is 284 Å². The fraction of sp³-hybridized carbons (Fsp3) is 0.0303. The fourth-order valence-electron chi connectivity index (χ4n) is 11.8. The van der Waals surface area contributed by atoms with E-state index in [1.807, 2.05) is 0 Å². The van der Waals surface area contributed by atoms with Gasteiger partial charge in [0, 0.05) is 22.5 Å². The van der Waals surface area contributed by atoms with Crippen molar-refractivity contribution < 1.29 is 0 Å². The van der Waals surface area contributed by atoms with Crippen molar-refractivity contribution in [1.82, 2.24) is 0 Å². The minimum Gasteiger partial charge on any atom is -0.310 e. The second-order valence-electron chi connectivity index (χ2n) is 18.5. The first-order valence-corrected chi connectivity index (χ1v) is 25.7. The van der Waals surface area contributed by atoms with Crippen molar-refractivity contribution in [3.63, 3.8) is 0 Å². The third kappa shape index (κ3) is 6.15. The van der Waals surface area contributed by atoms with Crippen molar-refractivity contribution >= 4 is 56.7 Å². The van der Waals surface area contributed by atoms with Gasteiger partial charge in [-0.25, -0.2) is 0 Å². The Labute approximate surface area is 399 Å². The largest absolute Gasteiger partial charge is 0.310 e. The molecule has 13 rings (SSSR count). The summed E-state index contributed by atoms with van der Waals surface area (Å²) in [7, 11) is -2.63. The van der Waals surface area contributed by atoms with Crippen molar-refractivity contribution in [3.8, 4) is 44.5 Å². The van der Waals surface area contributed by atoms with E-state index in [0.29, 0.717) is 0 Å². The lowest BCUT2D eigenvalue weighted by Gasteiger charge is -2.31. The maximum Gasteiger partial charge on any atom is 0.180 e. The zero-order valence-corrected chi connectivity index (χ0v) is 38.9. The van der Waals surface area contributed by atoms with Crippen LogP contribution in [0.15, 0.2) is 267 Å². The van der Waals surface area contributed by atoms with E-state index >= 15 is 0 Å². The molecule has 0 saturated carbocycles. The van der Waals surface area contributed by atoms with Crippen LogP contribution >= 0.6 is 0 Å². The molecule has 1 unspecified atom stereocenters. The van der Waals surface area contributed by atoms with Gasteiger partial charge in [-0.1, -0.05) is 224 Å². The highest BCUT2D eigenvalue weighted by atomic mass is 28.3. The molecule has 1 nitrogen and oxygen atoms in total. The fourth-order valence-corrected chi connectivity index (χ4v) is 17.0. The number of nitrogens with zero attached hydrogens (tertiary/aromatic N) is 1. The summed E-state index contributed by atoms with van der Waals surface area (Å²) in [5.41, 5.74) is 17.1. The molecule has 320 valence electrons. The van der Waals surface area contributed by atoms with Crippen LogP contribution in [0.25, 0.3) is 55.3 Å². The second kappa shape index (κ2) is 15.9. The highest BCUT2D eigenvalue weighted by molar-refractivity contribution is 7.22. The third-order valence-electron chi connectivity index (χ3n) is 15.0. The number of hydrogen-bond donors (Lipinski definition) is 0. The summed E-state index contributed by atoms with van der Waals surface area (Å²) in [5.74, 6) is 0. The Bertz CT molecular complexity index is 3640. The third-order valence-corrected chi connectivity index (χ3v) is 19.9. The van der Waals surface area contributed by atoms with Crippen LogP contribution < -0.4 is 25.6 Å². The molecular weight excluding hydrogens is 835 g/mol. The number of benzene rings is 11. The first-order valence-electron chi connectivity index (χ1n) is 23.7. The second-order valence-corrected chi connectivity index (χ2v) is 22.3. The maximum atomic E-state index is 2.49. The standard InChI is InChI=1S/C66H47NSi/c1-66(52-20-4-2-5-21-52)62-28-13-10-25-58(62)59-42-41-55(45-63(59)66)67(54-39-35-48(36-40-54)51-32-31-46-17-8-9-18-49(46)43-51)53-37-33-47(34-38-53)50-19-16-24-57(44-50)68(56-22-6-3-7-23-56)64-29-14-11-26-60(64)61-27-12-15-30-65(61)68/h2-45H,1H3. The first-order chi connectivity index (χ1) is 33.6. The van der Waals surface area contributed by atoms with Crippen LogP contribution in [0.1, 0.15) is 23.6 Å². The van der Waals surface area contributed by atoms with Crippen LogP contribution in [0.4, 0.5) is 17.1 Å². The van der Waals surface area contributed by atoms with Crippen molar-refractivity contribution in [1.29, 1.82) is 0 Å². The van der Waals surface area contributed by atoms with Crippen LogP contribution in [-0.2, 0) is 5.41 Å². The Balaban J connectivity index is 0.936. The monoisotopic (exact) mass is 881 g/mol. The summed E-state index contributed by atoms with van der Waals surface area (Å²) in [6.07, 6.45) is 0. The molecular formula is C66H47NSi. The molecule has 0 radical (unpaired) electrons. The van der Waals surface area contributed by atoms with Crippen LogP contribution in [-0.4, -0.2) is 8.07 Å². The summed E-state index contributed by atoms with van der Waals surface area (Å²) in [5, 5.41) is 8.23. The molecule has 0 N–H and O–H groups in total. The van der Waals surface area contributed by atoms with E-state index in [1.165, 1.54) is 92.7 Å². The van der Waals surface area contributed by atoms with E-state index in [9.17, 15) is 0 Å². The summed E-state index contributed by atoms with van der Waals surface area (Å²) in [4.78, 5) is 2.43. The van der Waals surface area contributed by atoms with Crippen molar-refractivity contribution in [2.45, 2.75) is 12.3 Å². The molecule has 2 aliphatic rings. The zero-order valence-electron chi connectivity index (χ0n) is 37.9. The Hall–Kier alpha value is -8.30. The lowest BCUT2D eigenvalue weighted by atomic mass is 9.74. The van der Waals surface area contributed by atoms with Crippen molar-refractivity contribution in [2.24, 2.45) is 0 Å². The van der Waals surface area contributed by atoms with Gasteiger partial charge in [0.1, 0.15) is 0 Å². The predicted octanol–water partition coefficient (Wildman–Crippen LogP) is 14.3. The van der Waals surface area contributed by atoms with Gasteiger partial charge in [0.25, 0.3) is 0 Å². The smallest absolute Gasteiger partial charge is 0.180 e. The lowest BCUT2D eigenvalue weighted by Crippen LogP contribution is -2.72. The van der Waals surface area contributed by atoms with Gasteiger partial charge >= 0.3 is 0 Å². The van der Waals surface area contributed by atoms with Crippen LogP contribution in [0, 0.1) is 0 Å². The normalized spacial score (nSPS) is 15.0. The molecule has 68 heavy (non-hydrogen) atoms. The van der Waals surface area contributed by atoms with Gasteiger partial charge in [-0.3, -0.25) is 0 Å². The lowest BCUT2D eigenvalue weighted by molar-refractivity contribution is 0.714. The maximum absolute atomic E-state index is 2.63. The first kappa shape index (κ1) is 40.0. The number of anilines is 3. The van der Waals surface area contributed by atoms with Gasteiger partial charge in [-0.15, -0.1) is 0 Å². The Morgan fingerprint density at radius 2 is 0.809 bits per heavy atom. The molecule has 0 aromatic heterocycles. The van der Waals surface area contributed by atoms with Gasteiger partial charge in [-0.2, -0.15) is 0 Å². The van der Waals surface area contributed by atoms with Crippen molar-refractivity contribution in [2.75, 3.05) is 4.90 Å². The topological polar surface area (TPSA) is 3.24 Å². The number of fused-ring (bicyclic) bond motifs is 7. The molecule has 0 spiro atoms. The van der Waals surface area contributed by atoms with Gasteiger partial charge < -0.3 is 4.90 Å². The summed E-state index contributed by atoms with van der Waals surface area (Å²) < 4.78 is 0. The van der Waals surface area contributed by atoms with Crippen LogP contribution in [0.2, 0.25) is 0 Å². The molecule has 1 aliphatic heterocycles. The van der Waals surface area contributed by atoms with Gasteiger partial charge in [0.15, 0.2) is 8.07 Å². The van der Waals surface area contributed by atoms with Crippen LogP contribution in [0.5, 0.6) is 0 Å². The molecule has 0 bridgehead atoms. The molecule has 1 aliphatic carbocycles. The molecule has 0 amide bonds. The van der Waals surface area contributed by atoms with Crippen LogP contribution in [0.3, 0.4) is 0 Å². The SMILES string of the molecule is CC1(c2ccccc2)c2ccccc2-c2ccc(N(c3ccc(-c4cccc([Si]5(c6ccccc6)c6ccccc6-c6ccccc65)c4)cc3)c3ccc(-c4ccc5ccccc5c4)cc3)cc21. The Kier molecular flexibility index (Phi) is 9.38. The van der Waals surface area contributed by atoms with Gasteiger partial charge in [-0.05, 0) is 142 Å². The number of hydrogen-bond acceptors (Lipinski definition) is 1. The predicted molar refractivity (Wildman–Crippen MR) is 290 cm³/mol. The van der Waals surface area contributed by atoms with Gasteiger partial charge in [0.2, 0.25) is 0 Å². The molecule has 11 aromatic rings. The number of rotatable bonds is 8. The highest BCUT2D eigenvalue weighted by Gasteiger charge is 2.48. The van der Waals surface area contributed by atoms with E-state index in [0.717, 1.165) is 17.1 Å². The summed E-state index contributed by atoms with van der Waals surface area (Å²) in [6, 6.07) is 99.7. The van der Waals surface area contributed by atoms with E-state index in [-0.39, 0.29) is 5.41 Å². The molecule has 1 atom stereocenters. The van der Waals surface area contributed by atoms with Gasteiger partial charge in [0.05, 0.1) is 0 Å². The molecule has 11 aromatic carbocycles. The molecule has 0 saturated heterocycles. The minimum atomic E-state index is -2.63. The minimum absolute atomic E-state index is 0.315.